The van der Waals surface area contributed by atoms with Crippen LogP contribution in [0.3, 0.4) is 0 Å². The van der Waals surface area contributed by atoms with Crippen LogP contribution in [-0.2, 0) is 16.2 Å². The molecule has 266 valence electrons. The Morgan fingerprint density at radius 1 is 0.962 bits per heavy atom. The predicted molar refractivity (Wildman–Crippen MR) is 207 cm³/mol. The first kappa shape index (κ1) is 36.3. The number of rotatable bonds is 11. The van der Waals surface area contributed by atoms with Crippen molar-refractivity contribution < 1.29 is 19.1 Å². The summed E-state index contributed by atoms with van der Waals surface area (Å²) in [5.74, 6) is -0.471. The summed E-state index contributed by atoms with van der Waals surface area (Å²) in [5.41, 5.74) is 5.62. The Morgan fingerprint density at radius 2 is 1.71 bits per heavy atom. The van der Waals surface area contributed by atoms with Crippen molar-refractivity contribution in [3.63, 3.8) is 0 Å². The third kappa shape index (κ3) is 8.70. The van der Waals surface area contributed by atoms with Crippen LogP contribution in [0, 0.1) is 6.92 Å². The van der Waals surface area contributed by atoms with Crippen LogP contribution in [0.2, 0.25) is 10.0 Å². The molecule has 3 aromatic carbocycles. The summed E-state index contributed by atoms with van der Waals surface area (Å²) in [5, 5.41) is 7.13. The summed E-state index contributed by atoms with van der Waals surface area (Å²) >= 11 is 13.4. The predicted octanol–water partition coefficient (Wildman–Crippen LogP) is 7.86. The fourth-order valence-electron chi connectivity index (χ4n) is 6.00. The van der Waals surface area contributed by atoms with Gasteiger partial charge < -0.3 is 25.2 Å². The highest BCUT2D eigenvalue weighted by Gasteiger charge is 2.21. The highest BCUT2D eigenvalue weighted by molar-refractivity contribution is 6.38. The minimum atomic E-state index is -0.449. The van der Waals surface area contributed by atoms with Gasteiger partial charge in [-0.3, -0.25) is 19.4 Å². The summed E-state index contributed by atoms with van der Waals surface area (Å²) in [7, 11) is 1.58. The number of hydrogen-bond acceptors (Lipinski definition) is 7. The second-order valence-electron chi connectivity index (χ2n) is 12.4. The molecule has 2 N–H and O–H groups in total. The Hall–Kier alpha value is -5.45. The van der Waals surface area contributed by atoms with Crippen LogP contribution in [0.25, 0.3) is 17.0 Å². The average molecular weight is 738 g/mol. The van der Waals surface area contributed by atoms with Crippen LogP contribution < -0.4 is 25.2 Å². The Morgan fingerprint density at radius 3 is 2.46 bits per heavy atom. The van der Waals surface area contributed by atoms with Crippen LogP contribution in [0.5, 0.6) is 5.75 Å². The van der Waals surface area contributed by atoms with E-state index in [1.54, 1.807) is 74.0 Å². The lowest BCUT2D eigenvalue weighted by Gasteiger charge is -2.30. The molecule has 12 heteroatoms. The van der Waals surface area contributed by atoms with Gasteiger partial charge >= 0.3 is 0 Å². The molecule has 0 saturated carbocycles. The maximum Gasteiger partial charge on any atom is 0.255 e. The number of halogens is 2. The van der Waals surface area contributed by atoms with Crippen LogP contribution in [0.15, 0.2) is 91.3 Å². The zero-order valence-electron chi connectivity index (χ0n) is 28.9. The van der Waals surface area contributed by atoms with Gasteiger partial charge in [0.2, 0.25) is 11.8 Å². The molecule has 2 aromatic heterocycles. The molecule has 6 rings (SSSR count). The number of hydrogen-bond donors (Lipinski definition) is 2. The van der Waals surface area contributed by atoms with Crippen molar-refractivity contribution in [1.82, 2.24) is 15.3 Å². The number of anilines is 3. The van der Waals surface area contributed by atoms with E-state index in [4.69, 9.17) is 32.9 Å². The number of para-hydroxylation sites is 1. The SMILES string of the molecule is Cc1cc(N2CCCCC2)c2cccc(OCc3c(Cl)ccc(N(C)C(=O)CNC(=O)/C=C/c4ccc(NC(=O)c5ccncc5)cc4)c3Cl)c2n1. The second-order valence-corrected chi connectivity index (χ2v) is 13.2. The molecule has 1 aliphatic heterocycles. The van der Waals surface area contributed by atoms with Crippen molar-refractivity contribution in [3.8, 4) is 5.75 Å². The van der Waals surface area contributed by atoms with E-state index in [2.05, 4.69) is 32.7 Å². The lowest BCUT2D eigenvalue weighted by atomic mass is 10.1. The van der Waals surface area contributed by atoms with Crippen molar-refractivity contribution in [2.45, 2.75) is 32.8 Å². The first-order valence-corrected chi connectivity index (χ1v) is 17.7. The average Bonchev–Trinajstić information content (AvgIpc) is 3.16. The maximum absolute atomic E-state index is 13.1. The van der Waals surface area contributed by atoms with Crippen LogP contribution in [0.1, 0.15) is 46.4 Å². The van der Waals surface area contributed by atoms with Gasteiger partial charge in [-0.25, -0.2) is 4.98 Å². The Kier molecular flexibility index (Phi) is 11.7. The van der Waals surface area contributed by atoms with Crippen molar-refractivity contribution >= 4 is 75.0 Å². The second kappa shape index (κ2) is 16.7. The molecule has 1 fully saturated rings. The molecule has 0 unspecified atom stereocenters. The largest absolute Gasteiger partial charge is 0.487 e. The monoisotopic (exact) mass is 736 g/mol. The van der Waals surface area contributed by atoms with Crippen molar-refractivity contribution in [3.05, 3.63) is 124 Å². The molecule has 10 nitrogen and oxygen atoms in total. The van der Waals surface area contributed by atoms with Gasteiger partial charge in [-0.1, -0.05) is 47.5 Å². The molecular weight excluding hydrogens is 699 g/mol. The van der Waals surface area contributed by atoms with Gasteiger partial charge in [0.15, 0.2) is 0 Å². The van der Waals surface area contributed by atoms with Gasteiger partial charge in [0.05, 0.1) is 17.3 Å². The number of pyridine rings is 2. The number of benzene rings is 3. The van der Waals surface area contributed by atoms with E-state index < -0.39 is 5.91 Å². The molecule has 5 aromatic rings. The molecule has 3 heterocycles. The number of piperidine rings is 1. The molecule has 1 aliphatic rings. The van der Waals surface area contributed by atoms with Gasteiger partial charge in [0.1, 0.15) is 17.9 Å². The van der Waals surface area contributed by atoms with Crippen LogP contribution in [-0.4, -0.2) is 54.4 Å². The highest BCUT2D eigenvalue weighted by atomic mass is 35.5. The van der Waals surface area contributed by atoms with Crippen molar-refractivity contribution in [1.29, 1.82) is 0 Å². The zero-order chi connectivity index (χ0) is 36.6. The lowest BCUT2D eigenvalue weighted by molar-refractivity contribution is -0.122. The third-order valence-electron chi connectivity index (χ3n) is 8.83. The summed E-state index contributed by atoms with van der Waals surface area (Å²) < 4.78 is 6.31. The molecule has 0 bridgehead atoms. The van der Waals surface area contributed by atoms with Crippen LogP contribution >= 0.6 is 23.2 Å². The Labute approximate surface area is 312 Å². The highest BCUT2D eigenvalue weighted by Crippen LogP contribution is 2.37. The minimum Gasteiger partial charge on any atom is -0.487 e. The summed E-state index contributed by atoms with van der Waals surface area (Å²) in [6.07, 6.45) is 9.63. The summed E-state index contributed by atoms with van der Waals surface area (Å²) in [6, 6.07) is 21.6. The van der Waals surface area contributed by atoms with Gasteiger partial charge in [-0.05, 0) is 86.4 Å². The van der Waals surface area contributed by atoms with E-state index in [1.807, 2.05) is 19.1 Å². The van der Waals surface area contributed by atoms with Gasteiger partial charge in [-0.15, -0.1) is 0 Å². The third-order valence-corrected chi connectivity index (χ3v) is 9.61. The number of nitrogens with zero attached hydrogens (tertiary/aromatic N) is 4. The van der Waals surface area contributed by atoms with Crippen molar-refractivity contribution in [2.75, 3.05) is 41.8 Å². The molecule has 0 atom stereocenters. The van der Waals surface area contributed by atoms with E-state index in [9.17, 15) is 14.4 Å². The van der Waals surface area contributed by atoms with Crippen molar-refractivity contribution in [2.24, 2.45) is 0 Å². The number of amides is 3. The molecule has 0 spiro atoms. The van der Waals surface area contributed by atoms with E-state index in [0.29, 0.717) is 33.3 Å². The minimum absolute atomic E-state index is 0.0565. The number of aryl methyl sites for hydroxylation is 1. The fourth-order valence-corrected chi connectivity index (χ4v) is 6.61. The van der Waals surface area contributed by atoms with Gasteiger partial charge in [0.25, 0.3) is 5.91 Å². The zero-order valence-corrected chi connectivity index (χ0v) is 30.4. The van der Waals surface area contributed by atoms with Crippen LogP contribution in [0.4, 0.5) is 17.1 Å². The number of nitrogens with one attached hydrogen (secondary N) is 2. The summed E-state index contributed by atoms with van der Waals surface area (Å²) in [4.78, 5) is 50.6. The molecule has 0 radical (unpaired) electrons. The molecule has 0 aliphatic carbocycles. The first-order valence-electron chi connectivity index (χ1n) is 17.0. The van der Waals surface area contributed by atoms with E-state index in [0.717, 1.165) is 40.9 Å². The van der Waals surface area contributed by atoms with Gasteiger partial charge in [-0.2, -0.15) is 0 Å². The quantitative estimate of drug-likeness (QED) is 0.133. The topological polar surface area (TPSA) is 117 Å². The number of carbonyl (C=O) groups is 3. The number of likely N-dealkylation sites (N-methyl/N-ethyl adjacent to an activating group) is 1. The fraction of sp³-hybridized carbons (Fsp3) is 0.225. The molecule has 52 heavy (non-hydrogen) atoms. The molecule has 3 amide bonds. The standard InChI is InChI=1S/C40H38Cl2N6O4/c1-26-23-34(48-21-4-3-5-22-48)30-7-6-8-35(39(30)45-26)52-25-31-32(41)14-15-33(38(31)42)47(2)37(50)24-44-36(49)16-11-27-9-12-29(13-10-27)46-40(51)28-17-19-43-20-18-28/h6-20,23H,3-5,21-22,24-25H2,1-2H3,(H,44,49)(H,46,51)/b16-11+. The number of fused-ring (bicyclic) bond motifs is 1. The smallest absolute Gasteiger partial charge is 0.255 e. The van der Waals surface area contributed by atoms with Gasteiger partial charge in [0, 0.05) is 77.2 Å². The maximum atomic E-state index is 13.1. The number of ether oxygens (including phenoxy) is 1. The Bertz CT molecular complexity index is 2120. The van der Waals surface area contributed by atoms with E-state index in [-0.39, 0.29) is 30.0 Å². The summed E-state index contributed by atoms with van der Waals surface area (Å²) in [6.45, 7) is 3.81. The van der Waals surface area contributed by atoms with E-state index >= 15 is 0 Å². The first-order chi connectivity index (χ1) is 25.2. The number of aromatic nitrogens is 2. The number of carbonyl (C=O) groups excluding carboxylic acids is 3. The Balaban J connectivity index is 1.06. The molecule has 1 saturated heterocycles. The normalized spacial score (nSPS) is 12.9. The molecular formula is C40H38Cl2N6O4. The lowest BCUT2D eigenvalue weighted by Crippen LogP contribution is -2.37. The van der Waals surface area contributed by atoms with E-state index in [1.165, 1.54) is 30.2 Å².